The quantitative estimate of drug-likeness (QED) is 0.280. The van der Waals surface area contributed by atoms with E-state index >= 15 is 0 Å². The minimum Gasteiger partial charge on any atom is -0.734 e. The van der Waals surface area contributed by atoms with E-state index in [1.54, 1.807) is 15.1 Å². The van der Waals surface area contributed by atoms with Gasteiger partial charge in [0.25, 0.3) is 0 Å². The van der Waals surface area contributed by atoms with Gasteiger partial charge in [0.2, 0.25) is 0 Å². The fourth-order valence-electron chi connectivity index (χ4n) is 0. The first-order valence-electron chi connectivity index (χ1n) is 1.00. The van der Waals surface area contributed by atoms with E-state index in [4.69, 9.17) is 31.5 Å². The van der Waals surface area contributed by atoms with Crippen LogP contribution < -0.4 is 31.5 Å². The van der Waals surface area contributed by atoms with E-state index in [2.05, 4.69) is 0 Å². The van der Waals surface area contributed by atoms with Crippen LogP contribution in [-0.2, 0) is 15.1 Å². The Kier molecular flexibility index (Phi) is 202. The van der Waals surface area contributed by atoms with Crippen LogP contribution in [0.25, 0.3) is 0 Å². The third kappa shape index (κ3) is 1880. The molecule has 66 valence electrons. The average Bonchev–Trinajstić information content (AvgIpc) is 1.70. The molecule has 2 N–H and O–H groups in total. The van der Waals surface area contributed by atoms with Gasteiger partial charge in [-0.3, -0.25) is 0 Å². The van der Waals surface area contributed by atoms with E-state index in [0.29, 0.717) is 0 Å². The van der Waals surface area contributed by atoms with Gasteiger partial charge in [0.05, 0.1) is 0 Å². The van der Waals surface area contributed by atoms with Gasteiger partial charge in [0.1, 0.15) is 0 Å². The molecule has 0 aromatic heterocycles. The molecule has 0 fully saturated rings. The zero-order chi connectivity index (χ0) is 8.12. The van der Waals surface area contributed by atoms with Gasteiger partial charge in [0.15, 0.2) is 0 Å². The molecule has 0 aromatic rings. The third-order valence-electron chi connectivity index (χ3n) is 0. The molecule has 0 rings (SSSR count). The van der Waals surface area contributed by atoms with E-state index in [0.717, 1.165) is 0 Å². The van der Waals surface area contributed by atoms with E-state index < -0.39 is 0 Å². The maximum atomic E-state index is 7.88. The molecular weight excluding hydrogens is 398 g/mol. The molecule has 0 saturated heterocycles. The molecule has 0 amide bonds. The Morgan fingerprint density at radius 2 is 0.545 bits per heavy atom. The third-order valence-corrected chi connectivity index (χ3v) is 0. The molecule has 0 aliphatic heterocycles. The molecule has 11 heteroatoms. The van der Waals surface area contributed by atoms with Gasteiger partial charge < -0.3 is 52.1 Å². The summed E-state index contributed by atoms with van der Waals surface area (Å²) in [6.07, 6.45) is 0. The van der Waals surface area contributed by atoms with Crippen LogP contribution in [0.1, 0.15) is 0 Å². The van der Waals surface area contributed by atoms with Crippen molar-refractivity contribution in [1.29, 1.82) is 0 Å². The molecule has 0 radical (unpaired) electrons. The summed E-state index contributed by atoms with van der Waals surface area (Å²) in [5.74, 6) is 0. The summed E-state index contributed by atoms with van der Waals surface area (Å²) >= 11 is 0. The first-order valence-corrected chi connectivity index (χ1v) is 1.00. The minimum atomic E-state index is 0. The fraction of sp³-hybridized carbons (Fsp3) is 0. The van der Waals surface area contributed by atoms with E-state index in [1.807, 2.05) is 0 Å². The topological polar surface area (TPSA) is 198 Å². The summed E-state index contributed by atoms with van der Waals surface area (Å²) in [6, 6.07) is 0. The van der Waals surface area contributed by atoms with Gasteiger partial charge >= 0.3 is 31.1 Å². The second kappa shape index (κ2) is 74.4. The maximum Gasteiger partial charge on any atom is 6.00 e. The van der Waals surface area contributed by atoms with Crippen LogP contribution in [0, 0.1) is 31.1 Å². The van der Waals surface area contributed by atoms with Gasteiger partial charge in [-0.15, -0.1) is 0 Å². The van der Waals surface area contributed by atoms with Crippen LogP contribution in [0.2, 0.25) is 0 Å². The van der Waals surface area contributed by atoms with Crippen LogP contribution in [0.5, 0.6) is 0 Å². The first kappa shape index (κ1) is 29.9. The maximum absolute atomic E-state index is 7.88. The summed E-state index contributed by atoms with van der Waals surface area (Å²) in [6.45, 7) is 0. The number of hydrogen-bond acceptors (Lipinski definition) is 9. The molecule has 0 bridgehead atoms. The van der Waals surface area contributed by atoms with E-state index in [-0.39, 0.29) is 36.6 Å². The van der Waals surface area contributed by atoms with Crippen molar-refractivity contribution >= 4 is 0 Å². The SMILES string of the molecule is O.[O-]O[O-].[O-]O[O-].[O-]O[O-].[U+6]. The van der Waals surface area contributed by atoms with Crippen molar-refractivity contribution in [3.8, 4) is 0 Å². The van der Waals surface area contributed by atoms with Gasteiger partial charge in [-0.2, -0.15) is 0 Å². The van der Waals surface area contributed by atoms with E-state index in [9.17, 15) is 0 Å². The predicted octanol–water partition coefficient (Wildman–Crippen LogP) is -8.16. The summed E-state index contributed by atoms with van der Waals surface area (Å²) in [5.41, 5.74) is 0. The molecule has 11 heavy (non-hydrogen) atoms. The molecular formula is H2O10U. The molecule has 0 aliphatic carbocycles. The summed E-state index contributed by atoms with van der Waals surface area (Å²) < 4.78 is 0. The molecule has 0 atom stereocenters. The van der Waals surface area contributed by atoms with Gasteiger partial charge in [-0.05, 0) is 0 Å². The van der Waals surface area contributed by atoms with Gasteiger partial charge in [0, 0.05) is 0 Å². The van der Waals surface area contributed by atoms with Crippen molar-refractivity contribution in [3.05, 3.63) is 0 Å². The van der Waals surface area contributed by atoms with Crippen molar-refractivity contribution in [3.63, 3.8) is 0 Å². The Hall–Kier alpha value is 0.652. The standard InChI is InChI=1S/3H2O3.H2O.U/c3*1-3-2;;/h3*1-2H;1H2;/q;;;;+6/p-6. The van der Waals surface area contributed by atoms with Crippen LogP contribution in [0.15, 0.2) is 0 Å². The zero-order valence-electron chi connectivity index (χ0n) is 4.67. The van der Waals surface area contributed by atoms with Crippen molar-refractivity contribution in [2.24, 2.45) is 0 Å². The average molecular weight is 400 g/mol. The molecule has 0 heterocycles. The normalized spacial score (nSPS) is 4.91. The zero-order valence-corrected chi connectivity index (χ0v) is 8.84. The summed E-state index contributed by atoms with van der Waals surface area (Å²) in [7, 11) is 0. The van der Waals surface area contributed by atoms with Crippen LogP contribution >= 0.6 is 0 Å². The predicted molar refractivity (Wildman–Crippen MR) is 6.87 cm³/mol. The largest absolute Gasteiger partial charge is 6.00 e. The second-order valence-corrected chi connectivity index (χ2v) is 0.204. The Balaban J connectivity index is -0.0000000150. The van der Waals surface area contributed by atoms with Crippen molar-refractivity contribution < 1.29 is 83.2 Å². The Morgan fingerprint density at radius 3 is 0.545 bits per heavy atom. The molecule has 0 saturated carbocycles. The minimum absolute atomic E-state index is 0. The van der Waals surface area contributed by atoms with Crippen molar-refractivity contribution in [1.82, 2.24) is 0 Å². The molecule has 0 aliphatic rings. The smallest absolute Gasteiger partial charge is 0.734 e. The number of hydrogen-bond donors (Lipinski definition) is 0. The Bertz CT molecular complexity index is 9.59. The van der Waals surface area contributed by atoms with Crippen molar-refractivity contribution in [2.45, 2.75) is 0 Å². The van der Waals surface area contributed by atoms with Crippen LogP contribution in [-0.4, -0.2) is 5.48 Å². The van der Waals surface area contributed by atoms with Crippen LogP contribution in [0.3, 0.4) is 0 Å². The Morgan fingerprint density at radius 1 is 0.545 bits per heavy atom. The van der Waals surface area contributed by atoms with Gasteiger partial charge in [-0.1, -0.05) is 0 Å². The first-order chi connectivity index (χ1) is 4.24. The fourth-order valence-corrected chi connectivity index (χ4v) is 0. The summed E-state index contributed by atoms with van der Waals surface area (Å²) in [5, 5.41) is 52.5. The number of rotatable bonds is 0. The summed E-state index contributed by atoms with van der Waals surface area (Å²) in [4.78, 5) is 0. The van der Waals surface area contributed by atoms with E-state index in [1.165, 1.54) is 0 Å². The second-order valence-electron chi connectivity index (χ2n) is 0.204. The van der Waals surface area contributed by atoms with Crippen LogP contribution in [0.4, 0.5) is 0 Å². The van der Waals surface area contributed by atoms with Crippen molar-refractivity contribution in [2.75, 3.05) is 0 Å². The Labute approximate surface area is 83.4 Å². The molecule has 0 spiro atoms. The molecule has 0 unspecified atom stereocenters. The molecule has 10 nitrogen and oxygen atoms in total. The monoisotopic (exact) mass is 400 g/mol. The van der Waals surface area contributed by atoms with Gasteiger partial charge in [-0.25, -0.2) is 0 Å². The molecule has 0 aromatic carbocycles.